The molecule has 74 valence electrons. The topological polar surface area (TPSA) is 96.2 Å². The maximum atomic E-state index is 10.8. The zero-order valence-corrected chi connectivity index (χ0v) is 7.95. The fourth-order valence-electron chi connectivity index (χ4n) is 0.988. The Morgan fingerprint density at radius 3 is 2.36 bits per heavy atom. The molecular formula is C7H6N2O4S. The molecule has 1 rings (SSSR count). The summed E-state index contributed by atoms with van der Waals surface area (Å²) in [5.41, 5.74) is 0.121. The van der Waals surface area contributed by atoms with Crippen molar-refractivity contribution in [2.24, 2.45) is 10.4 Å². The summed E-state index contributed by atoms with van der Waals surface area (Å²) in [6.45, 7) is 1.47. The molecule has 0 aliphatic rings. The Kier molecular flexibility index (Phi) is 3.15. The van der Waals surface area contributed by atoms with E-state index in [4.69, 9.17) is 4.55 Å². The lowest BCUT2D eigenvalue weighted by atomic mass is 10.2. The number of nitroso groups, excluding NO2 is 2. The summed E-state index contributed by atoms with van der Waals surface area (Å²) in [7, 11) is 0. The van der Waals surface area contributed by atoms with Gasteiger partial charge >= 0.3 is 0 Å². The van der Waals surface area contributed by atoms with Crippen LogP contribution in [0, 0.1) is 16.7 Å². The molecule has 1 atom stereocenters. The molecule has 0 aliphatic heterocycles. The van der Waals surface area contributed by atoms with E-state index in [0.717, 1.165) is 12.1 Å². The Balaban J connectivity index is 3.49. The van der Waals surface area contributed by atoms with Crippen molar-refractivity contribution >= 4 is 22.5 Å². The van der Waals surface area contributed by atoms with Crippen molar-refractivity contribution in [2.75, 3.05) is 0 Å². The van der Waals surface area contributed by atoms with E-state index in [0.29, 0.717) is 0 Å². The van der Waals surface area contributed by atoms with Gasteiger partial charge in [-0.25, -0.2) is 4.21 Å². The van der Waals surface area contributed by atoms with Crippen LogP contribution in [-0.2, 0) is 11.1 Å². The lowest BCUT2D eigenvalue weighted by Crippen LogP contribution is -1.92. The molecule has 0 saturated carbocycles. The van der Waals surface area contributed by atoms with E-state index in [1.54, 1.807) is 0 Å². The lowest BCUT2D eigenvalue weighted by molar-refractivity contribution is 0.564. The second-order valence-electron chi connectivity index (χ2n) is 2.52. The quantitative estimate of drug-likeness (QED) is 0.617. The summed E-state index contributed by atoms with van der Waals surface area (Å²) in [6.07, 6.45) is 0. The van der Waals surface area contributed by atoms with Gasteiger partial charge in [-0.15, -0.1) is 9.81 Å². The zero-order valence-electron chi connectivity index (χ0n) is 7.13. The van der Waals surface area contributed by atoms with Crippen LogP contribution in [0.5, 0.6) is 0 Å². The van der Waals surface area contributed by atoms with Crippen molar-refractivity contribution in [1.29, 1.82) is 0 Å². The van der Waals surface area contributed by atoms with Crippen LogP contribution in [0.1, 0.15) is 5.56 Å². The largest absolute Gasteiger partial charge is 0.302 e. The summed E-state index contributed by atoms with van der Waals surface area (Å²) in [5, 5.41) is 5.20. The minimum absolute atomic E-state index is 0.0308. The normalized spacial score (nSPS) is 12.1. The second-order valence-corrected chi connectivity index (χ2v) is 3.46. The van der Waals surface area contributed by atoms with Gasteiger partial charge in [-0.05, 0) is 35.0 Å². The highest BCUT2D eigenvalue weighted by Gasteiger charge is 2.12. The molecule has 0 amide bonds. The standard InChI is InChI=1S/C7H6N2O4S/c1-4-6(9-11)2-5(8-10)3-7(4)14(12)13/h2-3H,1H3,(H,12,13). The van der Waals surface area contributed by atoms with Crippen LogP contribution >= 0.6 is 0 Å². The van der Waals surface area contributed by atoms with Crippen molar-refractivity contribution < 1.29 is 8.76 Å². The minimum Gasteiger partial charge on any atom is -0.302 e. The van der Waals surface area contributed by atoms with Gasteiger partial charge in [-0.2, -0.15) is 0 Å². The summed E-state index contributed by atoms with van der Waals surface area (Å²) >= 11 is -2.26. The Hall–Kier alpha value is -1.47. The van der Waals surface area contributed by atoms with Gasteiger partial charge in [0.25, 0.3) is 0 Å². The Labute approximate surface area is 81.6 Å². The Bertz CT molecular complexity index is 418. The maximum Gasteiger partial charge on any atom is 0.186 e. The third-order valence-electron chi connectivity index (χ3n) is 1.71. The first-order valence-corrected chi connectivity index (χ1v) is 4.63. The van der Waals surface area contributed by atoms with Crippen molar-refractivity contribution in [2.45, 2.75) is 11.8 Å². The predicted octanol–water partition coefficient (Wildman–Crippen LogP) is 2.37. The van der Waals surface area contributed by atoms with Gasteiger partial charge in [0.2, 0.25) is 0 Å². The first kappa shape index (κ1) is 10.6. The molecular weight excluding hydrogens is 208 g/mol. The van der Waals surface area contributed by atoms with Crippen LogP contribution in [0.3, 0.4) is 0 Å². The third-order valence-corrected chi connectivity index (χ3v) is 2.51. The first-order valence-electron chi connectivity index (χ1n) is 3.52. The van der Waals surface area contributed by atoms with Gasteiger partial charge in [0.1, 0.15) is 11.4 Å². The highest BCUT2D eigenvalue weighted by atomic mass is 32.2. The average Bonchev–Trinajstić information content (AvgIpc) is 2.17. The van der Waals surface area contributed by atoms with Crippen molar-refractivity contribution in [1.82, 2.24) is 0 Å². The molecule has 6 nitrogen and oxygen atoms in total. The number of hydrogen-bond donors (Lipinski definition) is 1. The van der Waals surface area contributed by atoms with E-state index < -0.39 is 11.1 Å². The fourth-order valence-corrected chi connectivity index (χ4v) is 1.58. The highest BCUT2D eigenvalue weighted by molar-refractivity contribution is 7.79. The SMILES string of the molecule is Cc1c(N=O)cc(N=O)cc1S(=O)O. The molecule has 14 heavy (non-hydrogen) atoms. The van der Waals surface area contributed by atoms with Crippen LogP contribution < -0.4 is 0 Å². The summed E-state index contributed by atoms with van der Waals surface area (Å²) in [4.78, 5) is 20.5. The van der Waals surface area contributed by atoms with E-state index in [1.165, 1.54) is 6.92 Å². The van der Waals surface area contributed by atoms with Gasteiger partial charge in [-0.3, -0.25) is 0 Å². The molecule has 0 radical (unpaired) electrons. The number of nitrogens with zero attached hydrogens (tertiary/aromatic N) is 2. The smallest absolute Gasteiger partial charge is 0.186 e. The third kappa shape index (κ3) is 1.88. The van der Waals surface area contributed by atoms with Crippen LogP contribution in [0.25, 0.3) is 0 Å². The van der Waals surface area contributed by atoms with Crippen molar-refractivity contribution in [3.05, 3.63) is 27.5 Å². The van der Waals surface area contributed by atoms with E-state index in [1.807, 2.05) is 0 Å². The maximum absolute atomic E-state index is 10.8. The summed E-state index contributed by atoms with van der Waals surface area (Å²) in [6, 6.07) is 2.30. The van der Waals surface area contributed by atoms with Gasteiger partial charge in [0, 0.05) is 0 Å². The molecule has 0 bridgehead atoms. The van der Waals surface area contributed by atoms with E-state index in [-0.39, 0.29) is 21.8 Å². The Morgan fingerprint density at radius 2 is 1.93 bits per heavy atom. The van der Waals surface area contributed by atoms with Crippen LogP contribution in [0.4, 0.5) is 11.4 Å². The molecule has 0 aliphatic carbocycles. The predicted molar refractivity (Wildman–Crippen MR) is 51.1 cm³/mol. The number of hydrogen-bond acceptors (Lipinski definition) is 5. The highest BCUT2D eigenvalue weighted by Crippen LogP contribution is 2.29. The summed E-state index contributed by atoms with van der Waals surface area (Å²) < 4.78 is 19.6. The van der Waals surface area contributed by atoms with E-state index >= 15 is 0 Å². The van der Waals surface area contributed by atoms with Gasteiger partial charge < -0.3 is 4.55 Å². The molecule has 0 saturated heterocycles. The minimum atomic E-state index is -2.26. The molecule has 1 N–H and O–H groups in total. The van der Waals surface area contributed by atoms with E-state index in [9.17, 15) is 14.0 Å². The molecule has 1 unspecified atom stereocenters. The average molecular weight is 214 g/mol. The van der Waals surface area contributed by atoms with Crippen molar-refractivity contribution in [3.63, 3.8) is 0 Å². The molecule has 0 fully saturated rings. The van der Waals surface area contributed by atoms with Gasteiger partial charge in [0.05, 0.1) is 4.90 Å². The molecule has 7 heteroatoms. The fraction of sp³-hybridized carbons (Fsp3) is 0.143. The van der Waals surface area contributed by atoms with Crippen molar-refractivity contribution in [3.8, 4) is 0 Å². The van der Waals surface area contributed by atoms with Crippen LogP contribution in [0.15, 0.2) is 27.4 Å². The lowest BCUT2D eigenvalue weighted by Gasteiger charge is -2.02. The molecule has 1 aromatic rings. The van der Waals surface area contributed by atoms with E-state index in [2.05, 4.69) is 10.4 Å². The molecule has 1 aromatic carbocycles. The molecule has 0 aromatic heterocycles. The monoisotopic (exact) mass is 214 g/mol. The number of benzene rings is 1. The Morgan fingerprint density at radius 1 is 1.29 bits per heavy atom. The summed E-state index contributed by atoms with van der Waals surface area (Å²) in [5.74, 6) is 0. The molecule has 0 heterocycles. The van der Waals surface area contributed by atoms with Gasteiger partial charge in [0.15, 0.2) is 11.1 Å². The van der Waals surface area contributed by atoms with Crippen LogP contribution in [0.2, 0.25) is 0 Å². The van der Waals surface area contributed by atoms with Gasteiger partial charge in [-0.1, -0.05) is 0 Å². The first-order chi connectivity index (χ1) is 6.60. The number of rotatable bonds is 3. The zero-order chi connectivity index (χ0) is 10.7. The van der Waals surface area contributed by atoms with Crippen LogP contribution in [-0.4, -0.2) is 8.76 Å². The second kappa shape index (κ2) is 4.16. The molecule has 0 spiro atoms.